The molecular formula is C13H25BrN6O. The zero-order valence-electron chi connectivity index (χ0n) is 12.5. The first-order valence-electron chi connectivity index (χ1n) is 7.74. The normalized spacial score (nSPS) is 36.9. The average molecular weight is 361 g/mol. The summed E-state index contributed by atoms with van der Waals surface area (Å²) < 4.78 is 0. The molecule has 3 saturated heterocycles. The number of nitrogens with one attached hydrogen (secondary N) is 3. The van der Waals surface area contributed by atoms with Crippen LogP contribution in [0.1, 0.15) is 6.42 Å². The van der Waals surface area contributed by atoms with E-state index in [-0.39, 0.29) is 16.8 Å². The highest BCUT2D eigenvalue weighted by molar-refractivity contribution is 9.10. The molecule has 3 atom stereocenters. The van der Waals surface area contributed by atoms with Gasteiger partial charge in [0.2, 0.25) is 5.91 Å². The topological polar surface area (TPSA) is 62.9 Å². The number of piperazine rings is 1. The molecule has 0 saturated carbocycles. The van der Waals surface area contributed by atoms with E-state index in [0.29, 0.717) is 6.04 Å². The smallest absolute Gasteiger partial charge is 0.249 e. The van der Waals surface area contributed by atoms with Crippen molar-refractivity contribution in [3.05, 3.63) is 0 Å². The van der Waals surface area contributed by atoms with Crippen molar-refractivity contribution in [1.82, 2.24) is 31.1 Å². The molecule has 0 radical (unpaired) electrons. The quantitative estimate of drug-likeness (QED) is 0.537. The van der Waals surface area contributed by atoms with E-state index in [1.165, 1.54) is 6.42 Å². The fraction of sp³-hybridized carbons (Fsp3) is 0.923. The van der Waals surface area contributed by atoms with E-state index in [0.717, 1.165) is 45.8 Å². The van der Waals surface area contributed by atoms with Gasteiger partial charge in [-0.2, -0.15) is 0 Å². The van der Waals surface area contributed by atoms with Crippen LogP contribution in [0.4, 0.5) is 0 Å². The zero-order chi connectivity index (χ0) is 14.8. The number of carbonyl (C=O) groups is 1. The van der Waals surface area contributed by atoms with Gasteiger partial charge in [-0.15, -0.1) is 0 Å². The van der Waals surface area contributed by atoms with Gasteiger partial charge in [0.1, 0.15) is 4.83 Å². The Bertz CT molecular complexity index is 376. The summed E-state index contributed by atoms with van der Waals surface area (Å²) in [4.78, 5) is 16.6. The maximum Gasteiger partial charge on any atom is 0.249 e. The third-order valence-electron chi connectivity index (χ3n) is 4.84. The number of halogens is 1. The minimum Gasteiger partial charge on any atom is -0.299 e. The van der Waals surface area contributed by atoms with Gasteiger partial charge >= 0.3 is 0 Å². The van der Waals surface area contributed by atoms with Crippen LogP contribution in [-0.4, -0.2) is 90.5 Å². The second kappa shape index (κ2) is 6.89. The number of alkyl halides is 1. The SMILES string of the molecule is CN1NCCC1CN1CCN(C2CNNC(=O)C2Br)CC1. The summed E-state index contributed by atoms with van der Waals surface area (Å²) in [6.07, 6.45) is 1.23. The van der Waals surface area contributed by atoms with Crippen molar-refractivity contribution in [3.8, 4) is 0 Å². The molecule has 3 aliphatic heterocycles. The van der Waals surface area contributed by atoms with Crippen molar-refractivity contribution in [1.29, 1.82) is 0 Å². The van der Waals surface area contributed by atoms with Gasteiger partial charge < -0.3 is 0 Å². The number of hydrazine groups is 2. The third-order valence-corrected chi connectivity index (χ3v) is 5.87. The number of rotatable bonds is 3. The lowest BCUT2D eigenvalue weighted by Crippen LogP contribution is -2.64. The molecule has 3 aliphatic rings. The third kappa shape index (κ3) is 3.57. The van der Waals surface area contributed by atoms with Gasteiger partial charge in [0.15, 0.2) is 0 Å². The van der Waals surface area contributed by atoms with Gasteiger partial charge in [-0.1, -0.05) is 15.9 Å². The Morgan fingerprint density at radius 3 is 2.71 bits per heavy atom. The molecule has 3 heterocycles. The fourth-order valence-electron chi connectivity index (χ4n) is 3.42. The van der Waals surface area contributed by atoms with Gasteiger partial charge in [-0.25, -0.2) is 10.4 Å². The molecule has 0 aromatic rings. The lowest BCUT2D eigenvalue weighted by atomic mass is 10.1. The predicted molar refractivity (Wildman–Crippen MR) is 84.8 cm³/mol. The van der Waals surface area contributed by atoms with Crippen LogP contribution >= 0.6 is 15.9 Å². The number of carbonyl (C=O) groups excluding carboxylic acids is 1. The Balaban J connectivity index is 1.47. The van der Waals surface area contributed by atoms with Crippen LogP contribution in [0.25, 0.3) is 0 Å². The Morgan fingerprint density at radius 2 is 2.05 bits per heavy atom. The first-order chi connectivity index (χ1) is 10.1. The molecule has 1 amide bonds. The maximum absolute atomic E-state index is 11.7. The summed E-state index contributed by atoms with van der Waals surface area (Å²) in [5.74, 6) is 0.0346. The summed E-state index contributed by atoms with van der Waals surface area (Å²) in [5, 5.41) is 2.25. The molecule has 7 nitrogen and oxygen atoms in total. The highest BCUT2D eigenvalue weighted by Gasteiger charge is 2.35. The van der Waals surface area contributed by atoms with Crippen molar-refractivity contribution in [2.24, 2.45) is 0 Å². The molecule has 0 bridgehead atoms. The lowest BCUT2D eigenvalue weighted by Gasteiger charge is -2.43. The largest absolute Gasteiger partial charge is 0.299 e. The number of likely N-dealkylation sites (N-methyl/N-ethyl adjacent to an activating group) is 1. The van der Waals surface area contributed by atoms with Crippen LogP contribution < -0.4 is 16.3 Å². The van der Waals surface area contributed by atoms with Crippen LogP contribution in [0, 0.1) is 0 Å². The molecule has 3 rings (SSSR count). The van der Waals surface area contributed by atoms with E-state index in [2.05, 4.69) is 54.1 Å². The lowest BCUT2D eigenvalue weighted by molar-refractivity contribution is -0.124. The average Bonchev–Trinajstić information content (AvgIpc) is 2.88. The van der Waals surface area contributed by atoms with Crippen molar-refractivity contribution < 1.29 is 4.79 Å². The van der Waals surface area contributed by atoms with Gasteiger partial charge in [-0.3, -0.25) is 25.4 Å². The van der Waals surface area contributed by atoms with E-state index < -0.39 is 0 Å². The van der Waals surface area contributed by atoms with Crippen LogP contribution in [0.3, 0.4) is 0 Å². The van der Waals surface area contributed by atoms with Crippen molar-refractivity contribution in [2.75, 3.05) is 52.9 Å². The molecule has 0 aliphatic carbocycles. The van der Waals surface area contributed by atoms with E-state index in [1.807, 2.05) is 0 Å². The number of hydrogen-bond acceptors (Lipinski definition) is 6. The molecule has 0 aromatic heterocycles. The van der Waals surface area contributed by atoms with Gasteiger partial charge in [0.05, 0.1) is 0 Å². The van der Waals surface area contributed by atoms with Crippen LogP contribution in [0.5, 0.6) is 0 Å². The van der Waals surface area contributed by atoms with Crippen LogP contribution in [0.2, 0.25) is 0 Å². The van der Waals surface area contributed by atoms with Crippen molar-refractivity contribution in [2.45, 2.75) is 23.3 Å². The molecule has 8 heteroatoms. The minimum absolute atomic E-state index is 0.0346. The highest BCUT2D eigenvalue weighted by Crippen LogP contribution is 2.18. The number of hydrogen-bond donors (Lipinski definition) is 3. The Morgan fingerprint density at radius 1 is 1.29 bits per heavy atom. The monoisotopic (exact) mass is 360 g/mol. The van der Waals surface area contributed by atoms with Gasteiger partial charge in [0, 0.05) is 64.9 Å². The molecule has 3 N–H and O–H groups in total. The first-order valence-corrected chi connectivity index (χ1v) is 8.66. The summed E-state index contributed by atoms with van der Waals surface area (Å²) >= 11 is 3.53. The van der Waals surface area contributed by atoms with Crippen molar-refractivity contribution in [3.63, 3.8) is 0 Å². The summed E-state index contributed by atoms with van der Waals surface area (Å²) in [6, 6.07) is 0.874. The predicted octanol–water partition coefficient (Wildman–Crippen LogP) is -1.42. The van der Waals surface area contributed by atoms with E-state index in [9.17, 15) is 4.79 Å². The minimum atomic E-state index is -0.115. The number of nitrogens with zero attached hydrogens (tertiary/aromatic N) is 3. The van der Waals surface area contributed by atoms with E-state index in [4.69, 9.17) is 0 Å². The molecular weight excluding hydrogens is 336 g/mol. The Labute approximate surface area is 134 Å². The van der Waals surface area contributed by atoms with Gasteiger partial charge in [0.25, 0.3) is 0 Å². The second-order valence-corrected chi connectivity index (χ2v) is 7.12. The summed E-state index contributed by atoms with van der Waals surface area (Å²) in [7, 11) is 2.13. The molecule has 0 spiro atoms. The number of amides is 1. The first kappa shape index (κ1) is 15.6. The van der Waals surface area contributed by atoms with Crippen LogP contribution in [-0.2, 0) is 4.79 Å². The highest BCUT2D eigenvalue weighted by atomic mass is 79.9. The fourth-order valence-corrected chi connectivity index (χ4v) is 4.06. The maximum atomic E-state index is 11.7. The van der Waals surface area contributed by atoms with Crippen LogP contribution in [0.15, 0.2) is 0 Å². The van der Waals surface area contributed by atoms with Crippen molar-refractivity contribution >= 4 is 21.8 Å². The molecule has 120 valence electrons. The van der Waals surface area contributed by atoms with E-state index in [1.54, 1.807) is 0 Å². The summed E-state index contributed by atoms with van der Waals surface area (Å²) in [6.45, 7) is 7.27. The standard InChI is InChI=1S/C13H25BrN6O/c1-18-10(2-3-16-18)9-19-4-6-20(7-5-19)11-8-15-17-13(21)12(11)14/h10-12,15-16H,2-9H2,1H3,(H,17,21). The molecule has 3 unspecified atom stereocenters. The Kier molecular flexibility index (Phi) is 5.13. The Hall–Kier alpha value is -0.250. The zero-order valence-corrected chi connectivity index (χ0v) is 14.1. The second-order valence-electron chi connectivity index (χ2n) is 6.14. The van der Waals surface area contributed by atoms with Gasteiger partial charge in [-0.05, 0) is 6.42 Å². The summed E-state index contributed by atoms with van der Waals surface area (Å²) in [5.41, 5.74) is 9.03. The molecule has 0 aromatic carbocycles. The molecule has 21 heavy (non-hydrogen) atoms. The van der Waals surface area contributed by atoms with E-state index >= 15 is 0 Å². The molecule has 3 fully saturated rings.